The number of nitrogens with zero attached hydrogens (tertiary/aromatic N) is 1. The molecule has 20 heavy (non-hydrogen) atoms. The van der Waals surface area contributed by atoms with Gasteiger partial charge in [0.15, 0.2) is 5.78 Å². The third kappa shape index (κ3) is 2.05. The molecule has 1 aromatic heterocycles. The maximum Gasteiger partial charge on any atom is 0.198 e. The monoisotopic (exact) mass is 269 g/mol. The fourth-order valence-corrected chi connectivity index (χ4v) is 2.12. The summed E-state index contributed by atoms with van der Waals surface area (Å²) in [4.78, 5) is 16.4. The zero-order chi connectivity index (χ0) is 14.1. The van der Waals surface area contributed by atoms with E-state index in [1.54, 1.807) is 18.3 Å². The topological polar surface area (TPSA) is 30.0 Å². The average Bonchev–Trinajstić information content (AvgIpc) is 2.46. The van der Waals surface area contributed by atoms with E-state index >= 15 is 0 Å². The molecular formula is C16H9F2NO. The number of hydrogen-bond donors (Lipinski definition) is 0. The van der Waals surface area contributed by atoms with Crippen LogP contribution < -0.4 is 0 Å². The van der Waals surface area contributed by atoms with E-state index in [1.165, 1.54) is 6.20 Å². The minimum absolute atomic E-state index is 0.162. The minimum atomic E-state index is -0.872. The summed E-state index contributed by atoms with van der Waals surface area (Å²) in [5, 5.41) is 1.48. The lowest BCUT2D eigenvalue weighted by Crippen LogP contribution is -2.06. The fraction of sp³-hybridized carbons (Fsp3) is 0. The van der Waals surface area contributed by atoms with Gasteiger partial charge in [-0.05, 0) is 17.5 Å². The SMILES string of the molecule is O=C(c1ccc(F)cc1F)c1cncc2ccccc12. The molecule has 0 aliphatic carbocycles. The first kappa shape index (κ1) is 12.4. The van der Waals surface area contributed by atoms with E-state index in [-0.39, 0.29) is 5.56 Å². The number of hydrogen-bond acceptors (Lipinski definition) is 2. The largest absolute Gasteiger partial charge is 0.288 e. The number of benzene rings is 2. The maximum atomic E-state index is 13.7. The van der Waals surface area contributed by atoms with Crippen molar-refractivity contribution in [2.45, 2.75) is 0 Å². The summed E-state index contributed by atoms with van der Waals surface area (Å²) in [5.74, 6) is -2.09. The molecule has 98 valence electrons. The van der Waals surface area contributed by atoms with E-state index in [0.717, 1.165) is 17.5 Å². The van der Waals surface area contributed by atoms with Gasteiger partial charge in [-0.25, -0.2) is 8.78 Å². The first-order valence-corrected chi connectivity index (χ1v) is 5.99. The third-order valence-electron chi connectivity index (χ3n) is 3.09. The van der Waals surface area contributed by atoms with Crippen LogP contribution in [0.3, 0.4) is 0 Å². The summed E-state index contributed by atoms with van der Waals surface area (Å²) in [6.07, 6.45) is 3.03. The van der Waals surface area contributed by atoms with Gasteiger partial charge in [0.2, 0.25) is 0 Å². The maximum absolute atomic E-state index is 13.7. The highest BCUT2D eigenvalue weighted by molar-refractivity contribution is 6.16. The van der Waals surface area contributed by atoms with Crippen LogP contribution >= 0.6 is 0 Å². The van der Waals surface area contributed by atoms with Crippen molar-refractivity contribution >= 4 is 16.6 Å². The Bertz CT molecular complexity index is 809. The highest BCUT2D eigenvalue weighted by Gasteiger charge is 2.17. The smallest absolute Gasteiger partial charge is 0.198 e. The van der Waals surface area contributed by atoms with Gasteiger partial charge in [-0.1, -0.05) is 24.3 Å². The van der Waals surface area contributed by atoms with Crippen LogP contribution in [0, 0.1) is 11.6 Å². The average molecular weight is 269 g/mol. The molecule has 0 saturated heterocycles. The predicted octanol–water partition coefficient (Wildman–Crippen LogP) is 3.74. The summed E-state index contributed by atoms with van der Waals surface area (Å²) in [5.41, 5.74) is 0.137. The van der Waals surface area contributed by atoms with Gasteiger partial charge in [0.25, 0.3) is 0 Å². The summed E-state index contributed by atoms with van der Waals surface area (Å²) in [7, 11) is 0. The van der Waals surface area contributed by atoms with Crippen LogP contribution in [-0.4, -0.2) is 10.8 Å². The van der Waals surface area contributed by atoms with Gasteiger partial charge in [0.1, 0.15) is 11.6 Å². The summed E-state index contributed by atoms with van der Waals surface area (Å²) in [6.45, 7) is 0. The number of halogens is 2. The molecule has 4 heteroatoms. The highest BCUT2D eigenvalue weighted by atomic mass is 19.1. The van der Waals surface area contributed by atoms with Crippen molar-refractivity contribution in [3.8, 4) is 0 Å². The van der Waals surface area contributed by atoms with Crippen molar-refractivity contribution in [2.75, 3.05) is 0 Å². The number of carbonyl (C=O) groups is 1. The molecule has 3 aromatic rings. The first-order valence-electron chi connectivity index (χ1n) is 5.99. The third-order valence-corrected chi connectivity index (χ3v) is 3.09. The number of carbonyl (C=O) groups excluding carboxylic acids is 1. The predicted molar refractivity (Wildman–Crippen MR) is 71.5 cm³/mol. The van der Waals surface area contributed by atoms with Gasteiger partial charge >= 0.3 is 0 Å². The van der Waals surface area contributed by atoms with Crippen LogP contribution in [0.1, 0.15) is 15.9 Å². The Balaban J connectivity index is 2.18. The second-order valence-electron chi connectivity index (χ2n) is 4.36. The highest BCUT2D eigenvalue weighted by Crippen LogP contribution is 2.21. The van der Waals surface area contributed by atoms with Gasteiger partial charge < -0.3 is 0 Å². The molecule has 0 unspecified atom stereocenters. The molecule has 0 bridgehead atoms. The van der Waals surface area contributed by atoms with Crippen molar-refractivity contribution in [1.82, 2.24) is 4.98 Å². The Kier molecular flexibility index (Phi) is 2.99. The lowest BCUT2D eigenvalue weighted by Gasteiger charge is -2.06. The van der Waals surface area contributed by atoms with Crippen LogP contribution in [0.5, 0.6) is 0 Å². The van der Waals surface area contributed by atoms with Gasteiger partial charge in [-0.15, -0.1) is 0 Å². The molecule has 0 spiro atoms. The molecule has 0 aliphatic rings. The molecule has 0 atom stereocenters. The Morgan fingerprint density at radius 2 is 1.75 bits per heavy atom. The molecule has 2 aromatic carbocycles. The van der Waals surface area contributed by atoms with Crippen LogP contribution in [0.2, 0.25) is 0 Å². The quantitative estimate of drug-likeness (QED) is 0.663. The van der Waals surface area contributed by atoms with E-state index in [1.807, 2.05) is 12.1 Å². The Morgan fingerprint density at radius 3 is 2.55 bits per heavy atom. The van der Waals surface area contributed by atoms with E-state index < -0.39 is 17.4 Å². The second kappa shape index (κ2) is 4.81. The van der Waals surface area contributed by atoms with Crippen molar-refractivity contribution in [2.24, 2.45) is 0 Å². The van der Waals surface area contributed by atoms with Crippen LogP contribution in [-0.2, 0) is 0 Å². The van der Waals surface area contributed by atoms with Crippen molar-refractivity contribution in [3.63, 3.8) is 0 Å². The summed E-state index contributed by atoms with van der Waals surface area (Å²) >= 11 is 0. The van der Waals surface area contributed by atoms with Crippen molar-refractivity contribution < 1.29 is 13.6 Å². The molecule has 0 amide bonds. The molecular weight excluding hydrogens is 260 g/mol. The molecule has 0 radical (unpaired) electrons. The standard InChI is InChI=1S/C16H9F2NO/c17-11-5-6-13(15(18)7-11)16(20)14-9-19-8-10-3-1-2-4-12(10)14/h1-9H. The van der Waals surface area contributed by atoms with Crippen LogP contribution in [0.4, 0.5) is 8.78 Å². The van der Waals surface area contributed by atoms with Crippen LogP contribution in [0.15, 0.2) is 54.9 Å². The zero-order valence-corrected chi connectivity index (χ0v) is 10.3. The molecule has 3 rings (SSSR count). The van der Waals surface area contributed by atoms with Crippen LogP contribution in [0.25, 0.3) is 10.8 Å². The fourth-order valence-electron chi connectivity index (χ4n) is 2.12. The number of fused-ring (bicyclic) bond motifs is 1. The lowest BCUT2D eigenvalue weighted by molar-refractivity contribution is 0.103. The Hall–Kier alpha value is -2.62. The van der Waals surface area contributed by atoms with Gasteiger partial charge in [0.05, 0.1) is 5.56 Å². The van der Waals surface area contributed by atoms with E-state index in [0.29, 0.717) is 17.0 Å². The van der Waals surface area contributed by atoms with E-state index in [2.05, 4.69) is 4.98 Å². The van der Waals surface area contributed by atoms with Crippen molar-refractivity contribution in [3.05, 3.63) is 77.6 Å². The van der Waals surface area contributed by atoms with E-state index in [4.69, 9.17) is 0 Å². The molecule has 1 heterocycles. The zero-order valence-electron chi connectivity index (χ0n) is 10.3. The molecule has 0 saturated carbocycles. The number of aromatic nitrogens is 1. The summed E-state index contributed by atoms with van der Waals surface area (Å²) in [6, 6.07) is 10.1. The molecule has 0 aliphatic heterocycles. The Labute approximate surface area is 113 Å². The minimum Gasteiger partial charge on any atom is -0.288 e. The summed E-state index contributed by atoms with van der Waals surface area (Å²) < 4.78 is 26.6. The molecule has 0 N–H and O–H groups in total. The number of pyridine rings is 1. The molecule has 2 nitrogen and oxygen atoms in total. The lowest BCUT2D eigenvalue weighted by atomic mass is 9.99. The molecule has 0 fully saturated rings. The van der Waals surface area contributed by atoms with Gasteiger partial charge in [0, 0.05) is 29.4 Å². The normalized spacial score (nSPS) is 10.7. The second-order valence-corrected chi connectivity index (χ2v) is 4.36. The van der Waals surface area contributed by atoms with Gasteiger partial charge in [-0.2, -0.15) is 0 Å². The Morgan fingerprint density at radius 1 is 0.950 bits per heavy atom. The van der Waals surface area contributed by atoms with Gasteiger partial charge in [-0.3, -0.25) is 9.78 Å². The van der Waals surface area contributed by atoms with Crippen molar-refractivity contribution in [1.29, 1.82) is 0 Å². The van der Waals surface area contributed by atoms with E-state index in [9.17, 15) is 13.6 Å². The number of rotatable bonds is 2. The first-order chi connectivity index (χ1) is 9.66. The number of ketones is 1.